The zero-order valence-electron chi connectivity index (χ0n) is 15.7. The van der Waals surface area contributed by atoms with Crippen LogP contribution in [0.15, 0.2) is 52.9 Å². The maximum Gasteiger partial charge on any atom is 0.221 e. The van der Waals surface area contributed by atoms with E-state index >= 15 is 0 Å². The molecule has 0 saturated carbocycles. The Hall–Kier alpha value is -3.19. The molecule has 0 aliphatic carbocycles. The summed E-state index contributed by atoms with van der Waals surface area (Å²) < 4.78 is 24.8. The lowest BCUT2D eigenvalue weighted by Gasteiger charge is -2.14. The molecule has 2 aromatic carbocycles. The third-order valence-electron chi connectivity index (χ3n) is 4.73. The smallest absolute Gasteiger partial charge is 0.221 e. The van der Waals surface area contributed by atoms with Crippen molar-refractivity contribution in [1.29, 1.82) is 0 Å². The van der Waals surface area contributed by atoms with Gasteiger partial charge in [-0.15, -0.1) is 0 Å². The fourth-order valence-electron chi connectivity index (χ4n) is 3.37. The number of rotatable bonds is 3. The van der Waals surface area contributed by atoms with Gasteiger partial charge in [-0.25, -0.2) is 8.42 Å². The van der Waals surface area contributed by atoms with Crippen molar-refractivity contribution in [2.45, 2.75) is 25.7 Å². The van der Waals surface area contributed by atoms with E-state index in [1.165, 1.54) is 12.3 Å². The summed E-state index contributed by atoms with van der Waals surface area (Å²) in [5.74, 6) is -0.146. The highest BCUT2D eigenvalue weighted by atomic mass is 32.2. The lowest BCUT2D eigenvalue weighted by Crippen LogP contribution is -2.06. The van der Waals surface area contributed by atoms with Crippen molar-refractivity contribution >= 4 is 49.3 Å². The van der Waals surface area contributed by atoms with Crippen molar-refractivity contribution in [3.63, 3.8) is 0 Å². The highest BCUT2D eigenvalue weighted by Crippen LogP contribution is 2.38. The van der Waals surface area contributed by atoms with Gasteiger partial charge in [0.1, 0.15) is 0 Å². The Kier molecular flexibility index (Phi) is 4.19. The van der Waals surface area contributed by atoms with Crippen molar-refractivity contribution < 1.29 is 13.2 Å². The van der Waals surface area contributed by atoms with Crippen LogP contribution in [0.5, 0.6) is 0 Å². The van der Waals surface area contributed by atoms with Gasteiger partial charge in [-0.1, -0.05) is 6.07 Å². The van der Waals surface area contributed by atoms with Crippen LogP contribution in [0.2, 0.25) is 0 Å². The van der Waals surface area contributed by atoms with Gasteiger partial charge in [0.25, 0.3) is 0 Å². The maximum atomic E-state index is 12.4. The first kappa shape index (κ1) is 18.2. The van der Waals surface area contributed by atoms with Crippen LogP contribution in [0.4, 0.5) is 17.1 Å². The molecular formula is C21H19N3O3S. The van der Waals surface area contributed by atoms with E-state index in [2.05, 4.69) is 15.6 Å². The molecule has 2 heterocycles. The largest absolute Gasteiger partial charge is 0.355 e. The number of fused-ring (bicyclic) bond motifs is 2. The highest BCUT2D eigenvalue weighted by molar-refractivity contribution is 7.95. The molecule has 2 N–H and O–H groups in total. The molecule has 1 amide bonds. The molecule has 3 aromatic rings. The minimum atomic E-state index is -3.43. The Balaban J connectivity index is 1.82. The fraction of sp³-hybridized carbons (Fsp3) is 0.143. The van der Waals surface area contributed by atoms with Gasteiger partial charge in [-0.05, 0) is 60.9 Å². The minimum absolute atomic E-state index is 0.146. The number of aryl methyl sites for hydroxylation is 1. The molecule has 0 bridgehead atoms. The molecule has 7 heteroatoms. The number of hydrogen-bond acceptors (Lipinski definition) is 5. The number of anilines is 3. The van der Waals surface area contributed by atoms with E-state index in [0.29, 0.717) is 21.7 Å². The molecule has 0 saturated heterocycles. The van der Waals surface area contributed by atoms with Gasteiger partial charge in [0.15, 0.2) is 0 Å². The molecule has 6 nitrogen and oxygen atoms in total. The van der Waals surface area contributed by atoms with E-state index in [9.17, 15) is 13.2 Å². The molecular weight excluding hydrogens is 374 g/mol. The summed E-state index contributed by atoms with van der Waals surface area (Å²) in [6.45, 7) is 5.20. The summed E-state index contributed by atoms with van der Waals surface area (Å²) in [5, 5.41) is 8.14. The molecule has 0 radical (unpaired) electrons. The average Bonchev–Trinajstić information content (AvgIpc) is 2.85. The Morgan fingerprint density at radius 3 is 2.57 bits per heavy atom. The molecule has 0 unspecified atom stereocenters. The van der Waals surface area contributed by atoms with Crippen molar-refractivity contribution in [2.75, 3.05) is 10.6 Å². The van der Waals surface area contributed by atoms with Crippen LogP contribution in [0.1, 0.15) is 25.0 Å². The van der Waals surface area contributed by atoms with Crippen LogP contribution in [0, 0.1) is 6.92 Å². The third kappa shape index (κ3) is 3.14. The second-order valence-corrected chi connectivity index (χ2v) is 8.67. The summed E-state index contributed by atoms with van der Waals surface area (Å²) in [7, 11) is -3.43. The second-order valence-electron chi connectivity index (χ2n) is 6.91. The SMILES string of the molecule is CC(=O)Nc1ccc(C)c(Nc2ccnc3cc4c(cc23)S(=O)(=O)C=C4C)c1. The maximum absolute atomic E-state index is 12.4. The van der Waals surface area contributed by atoms with Crippen molar-refractivity contribution in [1.82, 2.24) is 4.98 Å². The van der Waals surface area contributed by atoms with Gasteiger partial charge in [-0.3, -0.25) is 9.78 Å². The van der Waals surface area contributed by atoms with Gasteiger partial charge in [0.05, 0.1) is 10.4 Å². The molecule has 1 aliphatic rings. The van der Waals surface area contributed by atoms with Crippen LogP contribution in [0.3, 0.4) is 0 Å². The number of carbonyl (C=O) groups is 1. The molecule has 142 valence electrons. The Morgan fingerprint density at radius 2 is 1.82 bits per heavy atom. The highest BCUT2D eigenvalue weighted by Gasteiger charge is 2.26. The number of allylic oxidation sites excluding steroid dienone is 1. The lowest BCUT2D eigenvalue weighted by atomic mass is 10.1. The third-order valence-corrected chi connectivity index (χ3v) is 6.35. The molecule has 4 rings (SSSR count). The summed E-state index contributed by atoms with van der Waals surface area (Å²) >= 11 is 0. The van der Waals surface area contributed by atoms with E-state index < -0.39 is 9.84 Å². The molecule has 1 aliphatic heterocycles. The fourth-order valence-corrected chi connectivity index (χ4v) is 4.90. The van der Waals surface area contributed by atoms with Gasteiger partial charge in [0.2, 0.25) is 15.7 Å². The first-order valence-electron chi connectivity index (χ1n) is 8.76. The van der Waals surface area contributed by atoms with Crippen LogP contribution in [-0.4, -0.2) is 19.3 Å². The summed E-state index contributed by atoms with van der Waals surface area (Å²) in [6.07, 6.45) is 1.69. The molecule has 28 heavy (non-hydrogen) atoms. The predicted octanol–water partition coefficient (Wildman–Crippen LogP) is 4.39. The van der Waals surface area contributed by atoms with Crippen LogP contribution in [-0.2, 0) is 14.6 Å². The molecule has 1 aromatic heterocycles. The number of amides is 1. The number of carbonyl (C=O) groups excluding carboxylic acids is 1. The van der Waals surface area contributed by atoms with Gasteiger partial charge in [-0.2, -0.15) is 0 Å². The van der Waals surface area contributed by atoms with Gasteiger partial charge >= 0.3 is 0 Å². The number of hydrogen-bond donors (Lipinski definition) is 2. The molecule has 0 spiro atoms. The Labute approximate surface area is 163 Å². The monoisotopic (exact) mass is 393 g/mol. The number of nitrogens with zero attached hydrogens (tertiary/aromatic N) is 1. The summed E-state index contributed by atoms with van der Waals surface area (Å²) in [5.41, 5.74) is 5.36. The second kappa shape index (κ2) is 6.45. The number of benzene rings is 2. The van der Waals surface area contributed by atoms with Crippen molar-refractivity contribution in [3.05, 3.63) is 59.1 Å². The Morgan fingerprint density at radius 1 is 1.04 bits per heavy atom. The number of nitrogens with one attached hydrogen (secondary N) is 2. The van der Waals surface area contributed by atoms with E-state index in [4.69, 9.17) is 0 Å². The first-order chi connectivity index (χ1) is 13.2. The standard InChI is InChI=1S/C21H19N3O3S/c1-12-4-5-15(23-14(3)25)8-19(12)24-18-6-7-22-20-9-16-13(2)11-28(26,27)21(16)10-17(18)20/h4-11H,1-3H3,(H,22,24)(H,23,25). The number of pyridine rings is 1. The topological polar surface area (TPSA) is 88.2 Å². The van der Waals surface area contributed by atoms with E-state index in [0.717, 1.165) is 27.9 Å². The normalized spacial score (nSPS) is 14.5. The summed E-state index contributed by atoms with van der Waals surface area (Å²) in [4.78, 5) is 16.0. The van der Waals surface area contributed by atoms with Crippen LogP contribution in [0.25, 0.3) is 16.5 Å². The van der Waals surface area contributed by atoms with Crippen molar-refractivity contribution in [2.24, 2.45) is 0 Å². The zero-order valence-corrected chi connectivity index (χ0v) is 16.5. The summed E-state index contributed by atoms with van der Waals surface area (Å²) in [6, 6.07) is 10.9. The van der Waals surface area contributed by atoms with E-state index in [-0.39, 0.29) is 5.91 Å². The van der Waals surface area contributed by atoms with Gasteiger partial charge in [0, 0.05) is 41.0 Å². The van der Waals surface area contributed by atoms with E-state index in [1.807, 2.05) is 31.2 Å². The molecule has 0 fully saturated rings. The number of sulfone groups is 1. The van der Waals surface area contributed by atoms with Crippen molar-refractivity contribution in [3.8, 4) is 0 Å². The minimum Gasteiger partial charge on any atom is -0.355 e. The predicted molar refractivity (Wildman–Crippen MR) is 111 cm³/mol. The quantitative estimate of drug-likeness (QED) is 0.689. The van der Waals surface area contributed by atoms with Crippen LogP contribution < -0.4 is 10.6 Å². The zero-order chi connectivity index (χ0) is 20.1. The first-order valence-corrected chi connectivity index (χ1v) is 10.3. The van der Waals surface area contributed by atoms with E-state index in [1.54, 1.807) is 25.3 Å². The van der Waals surface area contributed by atoms with Crippen LogP contribution >= 0.6 is 0 Å². The lowest BCUT2D eigenvalue weighted by molar-refractivity contribution is -0.114. The number of aromatic nitrogens is 1. The average molecular weight is 393 g/mol. The molecule has 0 atom stereocenters. The Bertz CT molecular complexity index is 1280. The van der Waals surface area contributed by atoms with Gasteiger partial charge < -0.3 is 10.6 Å².